The van der Waals surface area contributed by atoms with Gasteiger partial charge in [0.1, 0.15) is 17.3 Å². The number of aromatic nitrogens is 5. The number of rotatable bonds is 5. The van der Waals surface area contributed by atoms with E-state index in [-0.39, 0.29) is 11.6 Å². The Labute approximate surface area is 205 Å². The highest BCUT2D eigenvalue weighted by atomic mass is 19.1. The number of benzene rings is 2. The summed E-state index contributed by atoms with van der Waals surface area (Å²) in [5.41, 5.74) is 6.49. The van der Waals surface area contributed by atoms with Crippen LogP contribution < -0.4 is 0 Å². The zero-order valence-electron chi connectivity index (χ0n) is 19.7. The molecular formula is C28H22F2N6. The number of halogens is 2. The quantitative estimate of drug-likeness (QED) is 0.309. The molecule has 178 valence electrons. The lowest BCUT2D eigenvalue weighted by Crippen LogP contribution is -2.10. The first-order valence-corrected chi connectivity index (χ1v) is 11.5. The summed E-state index contributed by atoms with van der Waals surface area (Å²) in [6.45, 7) is 0.707. The fraction of sp³-hybridized carbons (Fsp3) is 0.107. The van der Waals surface area contributed by atoms with E-state index < -0.39 is 0 Å². The predicted octanol–water partition coefficient (Wildman–Crippen LogP) is 6.18. The number of hydrogen-bond acceptors (Lipinski definition) is 4. The van der Waals surface area contributed by atoms with Gasteiger partial charge < -0.3 is 9.88 Å². The van der Waals surface area contributed by atoms with Gasteiger partial charge >= 0.3 is 0 Å². The Morgan fingerprint density at radius 1 is 0.806 bits per heavy atom. The van der Waals surface area contributed by atoms with Crippen LogP contribution in [0.4, 0.5) is 8.78 Å². The molecule has 4 heterocycles. The van der Waals surface area contributed by atoms with Gasteiger partial charge in [-0.2, -0.15) is 5.10 Å². The lowest BCUT2D eigenvalue weighted by molar-refractivity contribution is 0.402. The highest BCUT2D eigenvalue weighted by Gasteiger charge is 2.17. The van der Waals surface area contributed by atoms with Crippen LogP contribution in [0.5, 0.6) is 0 Å². The molecule has 6 nitrogen and oxygen atoms in total. The summed E-state index contributed by atoms with van der Waals surface area (Å²) in [6.07, 6.45) is 6.91. The van der Waals surface area contributed by atoms with Gasteiger partial charge in [-0.25, -0.2) is 8.78 Å². The van der Waals surface area contributed by atoms with E-state index in [1.54, 1.807) is 36.9 Å². The Bertz CT molecular complexity index is 1730. The zero-order valence-corrected chi connectivity index (χ0v) is 19.7. The minimum Gasteiger partial charge on any atom is -0.352 e. The molecule has 0 bridgehead atoms. The van der Waals surface area contributed by atoms with Crippen molar-refractivity contribution in [3.05, 3.63) is 90.5 Å². The fourth-order valence-electron chi connectivity index (χ4n) is 4.62. The van der Waals surface area contributed by atoms with Crippen molar-refractivity contribution in [3.63, 3.8) is 0 Å². The molecule has 6 rings (SSSR count). The van der Waals surface area contributed by atoms with E-state index in [0.29, 0.717) is 28.9 Å². The first-order chi connectivity index (χ1) is 17.5. The highest BCUT2D eigenvalue weighted by Crippen LogP contribution is 2.36. The number of H-pyrrole nitrogens is 2. The van der Waals surface area contributed by atoms with E-state index in [1.165, 1.54) is 18.2 Å². The topological polar surface area (TPSA) is 73.5 Å². The first kappa shape index (κ1) is 22.1. The summed E-state index contributed by atoms with van der Waals surface area (Å²) < 4.78 is 29.0. The third-order valence-electron chi connectivity index (χ3n) is 6.19. The minimum atomic E-state index is -0.351. The molecule has 0 spiro atoms. The maximum atomic E-state index is 15.1. The van der Waals surface area contributed by atoms with Crippen LogP contribution in [-0.2, 0) is 6.54 Å². The highest BCUT2D eigenvalue weighted by molar-refractivity contribution is 6.01. The minimum absolute atomic E-state index is 0.308. The predicted molar refractivity (Wildman–Crippen MR) is 137 cm³/mol. The number of pyridine rings is 2. The first-order valence-electron chi connectivity index (χ1n) is 11.5. The van der Waals surface area contributed by atoms with Crippen LogP contribution in [-0.4, -0.2) is 44.1 Å². The van der Waals surface area contributed by atoms with E-state index in [0.717, 1.165) is 38.7 Å². The summed E-state index contributed by atoms with van der Waals surface area (Å²) in [5.74, 6) is -0.659. The summed E-state index contributed by atoms with van der Waals surface area (Å²) in [5, 5.41) is 9.10. The van der Waals surface area contributed by atoms with Crippen LogP contribution in [0.15, 0.2) is 73.3 Å². The Hall–Kier alpha value is -4.43. The lowest BCUT2D eigenvalue weighted by Gasteiger charge is -2.11. The Morgan fingerprint density at radius 2 is 1.67 bits per heavy atom. The van der Waals surface area contributed by atoms with Crippen molar-refractivity contribution in [2.75, 3.05) is 14.1 Å². The molecule has 4 aromatic heterocycles. The number of hydrogen-bond donors (Lipinski definition) is 2. The molecule has 0 unspecified atom stereocenters. The van der Waals surface area contributed by atoms with Gasteiger partial charge in [-0.3, -0.25) is 15.1 Å². The van der Waals surface area contributed by atoms with E-state index in [1.807, 2.05) is 37.2 Å². The number of fused-ring (bicyclic) bond motifs is 2. The third-order valence-corrected chi connectivity index (χ3v) is 6.19. The zero-order chi connectivity index (χ0) is 24.8. The molecule has 0 aliphatic rings. The van der Waals surface area contributed by atoms with Gasteiger partial charge in [0.15, 0.2) is 0 Å². The van der Waals surface area contributed by atoms with Crippen molar-refractivity contribution < 1.29 is 8.78 Å². The Kier molecular flexibility index (Phi) is 5.30. The average molecular weight is 481 g/mol. The van der Waals surface area contributed by atoms with Crippen molar-refractivity contribution in [2.24, 2.45) is 0 Å². The molecule has 36 heavy (non-hydrogen) atoms. The lowest BCUT2D eigenvalue weighted by atomic mass is 10.0. The third kappa shape index (κ3) is 3.91. The number of nitrogens with zero attached hydrogens (tertiary/aromatic N) is 4. The second-order valence-corrected chi connectivity index (χ2v) is 9.11. The molecular weight excluding hydrogens is 458 g/mol. The average Bonchev–Trinajstić information content (AvgIpc) is 3.46. The molecule has 2 N–H and O–H groups in total. The van der Waals surface area contributed by atoms with Gasteiger partial charge in [-0.05, 0) is 55.6 Å². The van der Waals surface area contributed by atoms with Gasteiger partial charge in [0, 0.05) is 58.7 Å². The van der Waals surface area contributed by atoms with Gasteiger partial charge in [-0.1, -0.05) is 12.1 Å². The monoisotopic (exact) mass is 480 g/mol. The van der Waals surface area contributed by atoms with Gasteiger partial charge in [0.25, 0.3) is 0 Å². The SMILES string of the molecule is CN(C)Cc1cncc(-c2cc3c(-c4cc5c(-c6cccc(F)c6)cncc5[nH]4)n[nH]c3cc2F)c1. The molecule has 0 amide bonds. The molecule has 8 heteroatoms. The van der Waals surface area contributed by atoms with E-state index in [2.05, 4.69) is 25.1 Å². The van der Waals surface area contributed by atoms with Crippen LogP contribution in [0.3, 0.4) is 0 Å². The van der Waals surface area contributed by atoms with Crippen molar-refractivity contribution in [1.29, 1.82) is 0 Å². The number of aromatic amines is 2. The van der Waals surface area contributed by atoms with Crippen molar-refractivity contribution >= 4 is 21.8 Å². The fourth-order valence-corrected chi connectivity index (χ4v) is 4.62. The van der Waals surface area contributed by atoms with E-state index in [4.69, 9.17) is 0 Å². The van der Waals surface area contributed by atoms with Gasteiger partial charge in [-0.15, -0.1) is 0 Å². The maximum Gasteiger partial charge on any atom is 0.133 e. The smallest absolute Gasteiger partial charge is 0.133 e. The molecule has 0 fully saturated rings. The summed E-state index contributed by atoms with van der Waals surface area (Å²) >= 11 is 0. The summed E-state index contributed by atoms with van der Waals surface area (Å²) in [4.78, 5) is 14.1. The molecule has 0 saturated carbocycles. The second kappa shape index (κ2) is 8.66. The summed E-state index contributed by atoms with van der Waals surface area (Å²) in [7, 11) is 3.96. The number of nitrogens with one attached hydrogen (secondary N) is 2. The molecule has 0 saturated heterocycles. The van der Waals surface area contributed by atoms with Crippen LogP contribution in [0.25, 0.3) is 55.4 Å². The summed E-state index contributed by atoms with van der Waals surface area (Å²) in [6, 6.07) is 13.6. The van der Waals surface area contributed by atoms with E-state index >= 15 is 4.39 Å². The van der Waals surface area contributed by atoms with Gasteiger partial charge in [0.2, 0.25) is 0 Å². The standard InChI is InChI=1S/C28H22F2N6/c1-36(2)15-16-6-18(12-31-11-16)20-8-22-25(10-24(20)30)34-35-28(22)26-9-21-23(13-32-14-27(21)33-26)17-4-3-5-19(29)7-17/h3-14,33H,15H2,1-2H3,(H,34,35). The van der Waals surface area contributed by atoms with Crippen molar-refractivity contribution in [2.45, 2.75) is 6.54 Å². The maximum absolute atomic E-state index is 15.1. The molecule has 6 aromatic rings. The molecule has 2 aromatic carbocycles. The van der Waals surface area contributed by atoms with Crippen LogP contribution in [0, 0.1) is 11.6 Å². The second-order valence-electron chi connectivity index (χ2n) is 9.11. The van der Waals surface area contributed by atoms with E-state index in [9.17, 15) is 4.39 Å². The van der Waals surface area contributed by atoms with Crippen molar-refractivity contribution in [3.8, 4) is 33.6 Å². The molecule has 0 radical (unpaired) electrons. The molecule has 0 atom stereocenters. The largest absolute Gasteiger partial charge is 0.352 e. The van der Waals surface area contributed by atoms with Crippen LogP contribution in [0.2, 0.25) is 0 Å². The van der Waals surface area contributed by atoms with Crippen LogP contribution in [0.1, 0.15) is 5.56 Å². The normalized spacial score (nSPS) is 11.7. The van der Waals surface area contributed by atoms with Crippen molar-refractivity contribution in [1.82, 2.24) is 30.0 Å². The Balaban J connectivity index is 1.48. The van der Waals surface area contributed by atoms with Gasteiger partial charge in [0.05, 0.1) is 22.9 Å². The molecule has 0 aliphatic heterocycles. The Morgan fingerprint density at radius 3 is 2.50 bits per heavy atom. The van der Waals surface area contributed by atoms with Crippen LogP contribution >= 0.6 is 0 Å². The molecule has 0 aliphatic carbocycles.